The lowest BCUT2D eigenvalue weighted by Crippen LogP contribution is -2.14. The van der Waals surface area contributed by atoms with Crippen molar-refractivity contribution in [3.05, 3.63) is 63.9 Å². The second kappa shape index (κ2) is 8.39. The molecule has 1 aliphatic carbocycles. The van der Waals surface area contributed by atoms with Gasteiger partial charge in [0.2, 0.25) is 0 Å². The van der Waals surface area contributed by atoms with Gasteiger partial charge < -0.3 is 4.74 Å². The van der Waals surface area contributed by atoms with Gasteiger partial charge in [-0.1, -0.05) is 43.5 Å². The first kappa shape index (κ1) is 17.8. The zero-order chi connectivity index (χ0) is 17.6. The van der Waals surface area contributed by atoms with Crippen LogP contribution in [-0.2, 0) is 4.74 Å². The van der Waals surface area contributed by atoms with E-state index in [2.05, 4.69) is 20.9 Å². The fourth-order valence-electron chi connectivity index (χ4n) is 3.20. The Hall–Kier alpha value is -2.01. The van der Waals surface area contributed by atoms with E-state index in [4.69, 9.17) is 4.74 Å². The van der Waals surface area contributed by atoms with E-state index in [1.807, 2.05) is 24.3 Å². The molecule has 0 amide bonds. The highest BCUT2D eigenvalue weighted by molar-refractivity contribution is 9.10. The fourth-order valence-corrected chi connectivity index (χ4v) is 3.56. The average molecular weight is 402 g/mol. The van der Waals surface area contributed by atoms with Crippen LogP contribution < -0.4 is 0 Å². The lowest BCUT2D eigenvalue weighted by atomic mass is 9.84. The van der Waals surface area contributed by atoms with Crippen LogP contribution >= 0.6 is 15.9 Å². The molecule has 0 N–H and O–H groups in total. The largest absolute Gasteiger partial charge is 0.454 e. The number of ether oxygens (including phenoxy) is 1. The highest BCUT2D eigenvalue weighted by Crippen LogP contribution is 2.32. The number of halogens is 1. The van der Waals surface area contributed by atoms with Gasteiger partial charge in [-0.2, -0.15) is 0 Å². The second-order valence-corrected chi connectivity index (χ2v) is 7.26. The molecule has 0 bridgehead atoms. The third-order valence-corrected chi connectivity index (χ3v) is 5.02. The molecule has 0 aliphatic heterocycles. The number of esters is 1. The zero-order valence-corrected chi connectivity index (χ0v) is 15.5. The van der Waals surface area contributed by atoms with Gasteiger partial charge in [0.15, 0.2) is 12.4 Å². The maximum atomic E-state index is 12.2. The Morgan fingerprint density at radius 1 is 1.04 bits per heavy atom. The minimum absolute atomic E-state index is 0.202. The van der Waals surface area contributed by atoms with E-state index in [1.54, 1.807) is 12.3 Å². The Labute approximate surface area is 155 Å². The predicted molar refractivity (Wildman–Crippen MR) is 98.8 cm³/mol. The van der Waals surface area contributed by atoms with Crippen LogP contribution in [0.5, 0.6) is 0 Å². The molecule has 2 aromatic rings. The van der Waals surface area contributed by atoms with Crippen molar-refractivity contribution >= 4 is 27.7 Å². The Bertz CT molecular complexity index is 752. The van der Waals surface area contributed by atoms with Gasteiger partial charge in [0.1, 0.15) is 0 Å². The van der Waals surface area contributed by atoms with Crippen LogP contribution in [0.3, 0.4) is 0 Å². The molecule has 0 spiro atoms. The molecule has 130 valence electrons. The van der Waals surface area contributed by atoms with Crippen LogP contribution in [0.1, 0.15) is 64.3 Å². The van der Waals surface area contributed by atoms with Gasteiger partial charge in [-0.05, 0) is 46.3 Å². The number of hydrogen-bond acceptors (Lipinski definition) is 4. The van der Waals surface area contributed by atoms with E-state index in [9.17, 15) is 9.59 Å². The summed E-state index contributed by atoms with van der Waals surface area (Å²) >= 11 is 3.25. The topological polar surface area (TPSA) is 56.3 Å². The Morgan fingerprint density at radius 2 is 1.76 bits per heavy atom. The van der Waals surface area contributed by atoms with Crippen LogP contribution in [0.2, 0.25) is 0 Å². The molecule has 5 heteroatoms. The molecule has 4 nitrogen and oxygen atoms in total. The molecule has 1 fully saturated rings. The van der Waals surface area contributed by atoms with E-state index in [0.717, 1.165) is 0 Å². The summed E-state index contributed by atoms with van der Waals surface area (Å²) in [5, 5.41) is 0. The Kier molecular flexibility index (Phi) is 5.97. The van der Waals surface area contributed by atoms with Crippen molar-refractivity contribution in [1.82, 2.24) is 4.98 Å². The smallest absolute Gasteiger partial charge is 0.340 e. The summed E-state index contributed by atoms with van der Waals surface area (Å²) in [5.41, 5.74) is 2.18. The molecular weight excluding hydrogens is 382 g/mol. The first-order chi connectivity index (χ1) is 12.1. The number of pyridine rings is 1. The molecule has 0 radical (unpaired) electrons. The minimum Gasteiger partial charge on any atom is -0.454 e. The summed E-state index contributed by atoms with van der Waals surface area (Å²) in [4.78, 5) is 28.1. The van der Waals surface area contributed by atoms with Gasteiger partial charge >= 0.3 is 5.97 Å². The summed E-state index contributed by atoms with van der Waals surface area (Å²) in [6, 6.07) is 9.34. The molecule has 1 heterocycles. The SMILES string of the molecule is O=C(COC(=O)c1cncc(Br)c1)c1ccc(C2CCCCC2)cc1. The molecule has 1 aromatic carbocycles. The number of rotatable bonds is 5. The minimum atomic E-state index is -0.555. The maximum absolute atomic E-state index is 12.2. The van der Waals surface area contributed by atoms with Crippen molar-refractivity contribution in [1.29, 1.82) is 0 Å². The molecule has 3 rings (SSSR count). The van der Waals surface area contributed by atoms with Crippen molar-refractivity contribution in [2.45, 2.75) is 38.0 Å². The highest BCUT2D eigenvalue weighted by atomic mass is 79.9. The first-order valence-corrected chi connectivity index (χ1v) is 9.33. The molecule has 0 atom stereocenters. The summed E-state index contributed by atoms with van der Waals surface area (Å²) in [7, 11) is 0. The average Bonchev–Trinajstić information content (AvgIpc) is 2.66. The molecule has 1 aliphatic rings. The summed E-state index contributed by atoms with van der Waals surface area (Å²) in [5.74, 6) is -0.146. The van der Waals surface area contributed by atoms with Crippen LogP contribution in [0.15, 0.2) is 47.2 Å². The molecular formula is C20H20BrNO3. The van der Waals surface area contributed by atoms with Crippen LogP contribution in [0, 0.1) is 0 Å². The molecule has 1 aromatic heterocycles. The van der Waals surface area contributed by atoms with Crippen molar-refractivity contribution < 1.29 is 14.3 Å². The molecule has 25 heavy (non-hydrogen) atoms. The maximum Gasteiger partial charge on any atom is 0.340 e. The van der Waals surface area contributed by atoms with Crippen LogP contribution in [-0.4, -0.2) is 23.3 Å². The first-order valence-electron chi connectivity index (χ1n) is 8.54. The standard InChI is InChI=1S/C20H20BrNO3/c21-18-10-17(11-22-12-18)20(24)25-13-19(23)16-8-6-15(7-9-16)14-4-2-1-3-5-14/h6-12,14H,1-5,13H2. The zero-order valence-electron chi connectivity index (χ0n) is 13.9. The fraction of sp³-hybridized carbons (Fsp3) is 0.350. The van der Waals surface area contributed by atoms with Gasteiger partial charge in [-0.15, -0.1) is 0 Å². The normalized spacial score (nSPS) is 14.9. The summed E-state index contributed by atoms with van der Waals surface area (Å²) in [6.07, 6.45) is 9.34. The third kappa shape index (κ3) is 4.75. The molecule has 0 saturated heterocycles. The van der Waals surface area contributed by atoms with E-state index in [1.165, 1.54) is 43.9 Å². The number of benzene rings is 1. The van der Waals surface area contributed by atoms with Gasteiger partial charge in [0, 0.05) is 22.4 Å². The van der Waals surface area contributed by atoms with E-state index >= 15 is 0 Å². The van der Waals surface area contributed by atoms with Crippen LogP contribution in [0.4, 0.5) is 0 Å². The Morgan fingerprint density at radius 3 is 2.44 bits per heavy atom. The van der Waals surface area contributed by atoms with Crippen molar-refractivity contribution in [3.63, 3.8) is 0 Å². The number of hydrogen-bond donors (Lipinski definition) is 0. The number of carbonyl (C=O) groups is 2. The highest BCUT2D eigenvalue weighted by Gasteiger charge is 2.17. The predicted octanol–water partition coefficient (Wildman–Crippen LogP) is 4.93. The van der Waals surface area contributed by atoms with Crippen molar-refractivity contribution in [2.75, 3.05) is 6.61 Å². The van der Waals surface area contributed by atoms with Crippen LogP contribution in [0.25, 0.3) is 0 Å². The lowest BCUT2D eigenvalue weighted by molar-refractivity contribution is 0.0474. The Balaban J connectivity index is 1.56. The monoisotopic (exact) mass is 401 g/mol. The van der Waals surface area contributed by atoms with Gasteiger partial charge in [0.25, 0.3) is 0 Å². The number of Topliss-reactive ketones (excluding diaryl/α,β-unsaturated/α-hetero) is 1. The van der Waals surface area contributed by atoms with E-state index in [0.29, 0.717) is 21.5 Å². The van der Waals surface area contributed by atoms with Gasteiger partial charge in [-0.25, -0.2) is 4.79 Å². The summed E-state index contributed by atoms with van der Waals surface area (Å²) in [6.45, 7) is -0.270. The summed E-state index contributed by atoms with van der Waals surface area (Å²) < 4.78 is 5.78. The number of nitrogens with zero attached hydrogens (tertiary/aromatic N) is 1. The number of carbonyl (C=O) groups excluding carboxylic acids is 2. The van der Waals surface area contributed by atoms with E-state index < -0.39 is 5.97 Å². The molecule has 1 saturated carbocycles. The third-order valence-electron chi connectivity index (χ3n) is 4.58. The number of aromatic nitrogens is 1. The lowest BCUT2D eigenvalue weighted by Gasteiger charge is -2.22. The second-order valence-electron chi connectivity index (χ2n) is 6.35. The molecule has 0 unspecified atom stereocenters. The van der Waals surface area contributed by atoms with Gasteiger partial charge in [0.05, 0.1) is 5.56 Å². The van der Waals surface area contributed by atoms with Gasteiger partial charge in [-0.3, -0.25) is 9.78 Å². The van der Waals surface area contributed by atoms with E-state index in [-0.39, 0.29) is 12.4 Å². The quantitative estimate of drug-likeness (QED) is 0.526. The number of ketones is 1. The van der Waals surface area contributed by atoms with Crippen molar-refractivity contribution in [2.24, 2.45) is 0 Å². The van der Waals surface area contributed by atoms with Crippen molar-refractivity contribution in [3.8, 4) is 0 Å².